The number of carbonyl (C=O) groups is 2. The largest absolute Gasteiger partial charge is 0.335 e. The minimum atomic E-state index is -0.518. The Morgan fingerprint density at radius 1 is 1.00 bits per heavy atom. The molecule has 0 aliphatic carbocycles. The Bertz CT molecular complexity index is 992. The first-order valence-corrected chi connectivity index (χ1v) is 10.1. The van der Waals surface area contributed by atoms with Crippen LogP contribution in [0, 0.1) is 5.82 Å². The topological polar surface area (TPSA) is 40.6 Å². The van der Waals surface area contributed by atoms with Crippen molar-refractivity contribution in [2.75, 3.05) is 11.4 Å². The lowest BCUT2D eigenvalue weighted by Gasteiger charge is -2.42. The second kappa shape index (κ2) is 6.59. The van der Waals surface area contributed by atoms with E-state index >= 15 is 0 Å². The molecule has 2 aromatic rings. The molecule has 2 atom stereocenters. The number of amides is 2. The average molecular weight is 399 g/mol. The third-order valence-corrected chi connectivity index (χ3v) is 6.49. The van der Waals surface area contributed by atoms with Crippen LogP contribution in [0.5, 0.6) is 0 Å². The number of nitrogens with zero attached hydrogens (tertiary/aromatic N) is 2. The highest BCUT2D eigenvalue weighted by atomic mass is 35.5. The van der Waals surface area contributed by atoms with Gasteiger partial charge in [-0.2, -0.15) is 0 Å². The van der Waals surface area contributed by atoms with Crippen molar-refractivity contribution >= 4 is 29.1 Å². The van der Waals surface area contributed by atoms with Crippen LogP contribution in [0.4, 0.5) is 10.1 Å². The third-order valence-electron chi connectivity index (χ3n) is 6.20. The van der Waals surface area contributed by atoms with Crippen LogP contribution in [0.3, 0.4) is 0 Å². The molecule has 0 spiro atoms. The minimum absolute atomic E-state index is 0.0101. The first-order valence-electron chi connectivity index (χ1n) is 9.77. The van der Waals surface area contributed by atoms with Gasteiger partial charge in [-0.3, -0.25) is 9.59 Å². The number of hydrogen-bond acceptors (Lipinski definition) is 2. The molecule has 3 aliphatic heterocycles. The van der Waals surface area contributed by atoms with Crippen molar-refractivity contribution in [1.29, 1.82) is 0 Å². The van der Waals surface area contributed by atoms with Gasteiger partial charge in [0.25, 0.3) is 5.91 Å². The van der Waals surface area contributed by atoms with Gasteiger partial charge in [0.2, 0.25) is 5.91 Å². The summed E-state index contributed by atoms with van der Waals surface area (Å²) < 4.78 is 14.4. The molecule has 0 aromatic heterocycles. The number of likely N-dealkylation sites (tertiary alicyclic amines) is 1. The Balaban J connectivity index is 1.68. The summed E-state index contributed by atoms with van der Waals surface area (Å²) in [4.78, 5) is 29.5. The number of halogens is 2. The number of fused-ring (bicyclic) bond motifs is 5. The van der Waals surface area contributed by atoms with Gasteiger partial charge in [0.05, 0.1) is 22.8 Å². The van der Waals surface area contributed by atoms with Gasteiger partial charge in [-0.25, -0.2) is 4.39 Å². The average Bonchev–Trinajstić information content (AvgIpc) is 2.83. The lowest BCUT2D eigenvalue weighted by molar-refractivity contribution is -0.133. The van der Waals surface area contributed by atoms with E-state index in [4.69, 9.17) is 11.6 Å². The Labute approximate surface area is 167 Å². The van der Waals surface area contributed by atoms with Gasteiger partial charge in [-0.05, 0) is 43.0 Å². The van der Waals surface area contributed by atoms with Crippen molar-refractivity contribution in [3.8, 4) is 0 Å². The van der Waals surface area contributed by atoms with E-state index in [1.54, 1.807) is 4.90 Å². The standard InChI is InChI=1S/C22H20ClFN2O2/c23-16-11-19-15(10-17(16)24)18(25-9-5-1-2-8-21(25)27)12-20-13-6-3-4-7-14(13)22(28)26(19)20/h3-4,6-7,10-11,18,20H,1-2,5,8-9,12H2. The molecule has 3 heterocycles. The molecular weight excluding hydrogens is 379 g/mol. The second-order valence-electron chi connectivity index (χ2n) is 7.75. The van der Waals surface area contributed by atoms with Crippen LogP contribution in [0.2, 0.25) is 5.02 Å². The molecule has 6 heteroatoms. The molecule has 3 aliphatic rings. The van der Waals surface area contributed by atoms with Gasteiger partial charge >= 0.3 is 0 Å². The van der Waals surface area contributed by atoms with Gasteiger partial charge in [-0.1, -0.05) is 36.2 Å². The van der Waals surface area contributed by atoms with Crippen molar-refractivity contribution in [1.82, 2.24) is 4.90 Å². The molecule has 2 amide bonds. The van der Waals surface area contributed by atoms with Gasteiger partial charge in [0.15, 0.2) is 0 Å². The van der Waals surface area contributed by atoms with Crippen molar-refractivity contribution in [2.45, 2.75) is 44.2 Å². The second-order valence-corrected chi connectivity index (χ2v) is 8.16. The zero-order chi connectivity index (χ0) is 19.4. The van der Waals surface area contributed by atoms with Crippen LogP contribution in [0.15, 0.2) is 36.4 Å². The Hall–Kier alpha value is -2.40. The zero-order valence-electron chi connectivity index (χ0n) is 15.3. The SMILES string of the molecule is O=C1CCCCCN1C1CC2c3ccccc3C(=O)N2c2cc(Cl)c(F)cc21. The van der Waals surface area contributed by atoms with Gasteiger partial charge in [0.1, 0.15) is 5.82 Å². The van der Waals surface area contributed by atoms with E-state index in [2.05, 4.69) is 0 Å². The summed E-state index contributed by atoms with van der Waals surface area (Å²) in [7, 11) is 0. The summed E-state index contributed by atoms with van der Waals surface area (Å²) in [5.74, 6) is -0.504. The molecule has 2 unspecified atom stereocenters. The summed E-state index contributed by atoms with van der Waals surface area (Å²) in [5.41, 5.74) is 2.92. The number of rotatable bonds is 1. The van der Waals surface area contributed by atoms with E-state index in [9.17, 15) is 14.0 Å². The van der Waals surface area contributed by atoms with E-state index in [0.29, 0.717) is 36.2 Å². The highest BCUT2D eigenvalue weighted by Crippen LogP contribution is 2.51. The number of carbonyl (C=O) groups excluding carboxylic acids is 2. The molecule has 144 valence electrons. The first-order chi connectivity index (χ1) is 13.6. The van der Waals surface area contributed by atoms with E-state index < -0.39 is 5.82 Å². The fraction of sp³-hybridized carbons (Fsp3) is 0.364. The van der Waals surface area contributed by atoms with Gasteiger partial charge in [0, 0.05) is 24.1 Å². The smallest absolute Gasteiger partial charge is 0.259 e. The van der Waals surface area contributed by atoms with E-state index in [0.717, 1.165) is 24.8 Å². The Morgan fingerprint density at radius 3 is 2.68 bits per heavy atom. The molecule has 5 rings (SSSR count). The first kappa shape index (κ1) is 17.7. The molecular formula is C22H20ClFN2O2. The lowest BCUT2D eigenvalue weighted by Crippen LogP contribution is -2.42. The molecule has 4 nitrogen and oxygen atoms in total. The molecule has 0 N–H and O–H groups in total. The highest BCUT2D eigenvalue weighted by Gasteiger charge is 2.46. The van der Waals surface area contributed by atoms with Crippen molar-refractivity contribution in [3.05, 3.63) is 63.9 Å². The van der Waals surface area contributed by atoms with E-state index in [-0.39, 0.29) is 28.9 Å². The molecule has 1 fully saturated rings. The lowest BCUT2D eigenvalue weighted by atomic mass is 9.88. The fourth-order valence-corrected chi connectivity index (χ4v) is 5.05. The molecule has 2 aromatic carbocycles. The Kier molecular flexibility index (Phi) is 4.16. The maximum Gasteiger partial charge on any atom is 0.259 e. The monoisotopic (exact) mass is 398 g/mol. The summed E-state index contributed by atoms with van der Waals surface area (Å²) in [6.07, 6.45) is 3.94. The van der Waals surface area contributed by atoms with Crippen molar-refractivity contribution in [3.63, 3.8) is 0 Å². The normalized spacial score (nSPS) is 23.9. The van der Waals surface area contributed by atoms with Crippen molar-refractivity contribution in [2.24, 2.45) is 0 Å². The highest BCUT2D eigenvalue weighted by molar-refractivity contribution is 6.31. The van der Waals surface area contributed by atoms with Crippen LogP contribution in [-0.4, -0.2) is 23.3 Å². The maximum absolute atomic E-state index is 14.4. The maximum atomic E-state index is 14.4. The zero-order valence-corrected chi connectivity index (χ0v) is 16.1. The van der Waals surface area contributed by atoms with Crippen LogP contribution in [-0.2, 0) is 4.79 Å². The van der Waals surface area contributed by atoms with E-state index in [1.807, 2.05) is 29.2 Å². The summed E-state index contributed by atoms with van der Waals surface area (Å²) >= 11 is 6.09. The molecule has 1 saturated heterocycles. The predicted molar refractivity (Wildman–Crippen MR) is 105 cm³/mol. The van der Waals surface area contributed by atoms with Crippen LogP contribution in [0.1, 0.15) is 65.7 Å². The quantitative estimate of drug-likeness (QED) is 0.676. The number of hydrogen-bond donors (Lipinski definition) is 0. The van der Waals surface area contributed by atoms with Crippen LogP contribution in [0.25, 0.3) is 0 Å². The van der Waals surface area contributed by atoms with Crippen molar-refractivity contribution < 1.29 is 14.0 Å². The molecule has 28 heavy (non-hydrogen) atoms. The Morgan fingerprint density at radius 2 is 1.82 bits per heavy atom. The molecule has 0 radical (unpaired) electrons. The summed E-state index contributed by atoms with van der Waals surface area (Å²) in [6, 6.07) is 10.1. The van der Waals surface area contributed by atoms with Crippen LogP contribution < -0.4 is 4.90 Å². The van der Waals surface area contributed by atoms with Gasteiger partial charge in [-0.15, -0.1) is 0 Å². The van der Waals surface area contributed by atoms with Crippen LogP contribution >= 0.6 is 11.6 Å². The number of anilines is 1. The molecule has 0 bridgehead atoms. The fourth-order valence-electron chi connectivity index (χ4n) is 4.90. The minimum Gasteiger partial charge on any atom is -0.335 e. The van der Waals surface area contributed by atoms with Gasteiger partial charge < -0.3 is 9.80 Å². The summed E-state index contributed by atoms with van der Waals surface area (Å²) in [5, 5.41) is -0.0101. The summed E-state index contributed by atoms with van der Waals surface area (Å²) in [6.45, 7) is 0.662. The number of benzene rings is 2. The van der Waals surface area contributed by atoms with E-state index in [1.165, 1.54) is 12.1 Å². The molecule has 0 saturated carbocycles. The predicted octanol–water partition coefficient (Wildman–Crippen LogP) is 5.03. The third kappa shape index (κ3) is 2.56.